The van der Waals surface area contributed by atoms with Crippen molar-refractivity contribution < 1.29 is 9.53 Å². The fourth-order valence-corrected chi connectivity index (χ4v) is 3.92. The lowest BCUT2D eigenvalue weighted by Gasteiger charge is -2.09. The van der Waals surface area contributed by atoms with Crippen LogP contribution in [-0.4, -0.2) is 22.7 Å². The maximum atomic E-state index is 12.0. The van der Waals surface area contributed by atoms with Crippen molar-refractivity contribution in [1.82, 2.24) is 10.2 Å². The number of carbonyl (C=O) groups excluding carboxylic acids is 1. The van der Waals surface area contributed by atoms with Crippen molar-refractivity contribution in [2.24, 2.45) is 0 Å². The Labute approximate surface area is 158 Å². The molecule has 1 N–H and O–H groups in total. The molecule has 0 atom stereocenters. The Balaban J connectivity index is 1.42. The molecule has 25 heavy (non-hydrogen) atoms. The van der Waals surface area contributed by atoms with E-state index in [9.17, 15) is 4.79 Å². The molecule has 0 unspecified atom stereocenters. The van der Waals surface area contributed by atoms with Gasteiger partial charge in [0.05, 0.1) is 11.5 Å². The first-order valence-corrected chi connectivity index (χ1v) is 9.75. The van der Waals surface area contributed by atoms with E-state index in [2.05, 4.69) is 15.5 Å². The highest BCUT2D eigenvalue weighted by atomic mass is 35.5. The van der Waals surface area contributed by atoms with E-state index in [1.165, 1.54) is 11.3 Å². The van der Waals surface area contributed by atoms with Gasteiger partial charge in [-0.3, -0.25) is 4.79 Å². The van der Waals surface area contributed by atoms with Crippen LogP contribution >= 0.6 is 34.3 Å². The van der Waals surface area contributed by atoms with Crippen LogP contribution in [0.2, 0.25) is 5.02 Å². The zero-order chi connectivity index (χ0) is 17.6. The number of rotatable bonds is 7. The highest BCUT2D eigenvalue weighted by Crippen LogP contribution is 2.29. The molecule has 0 saturated carbocycles. The Morgan fingerprint density at radius 2 is 2.20 bits per heavy atom. The van der Waals surface area contributed by atoms with Crippen LogP contribution in [0, 0.1) is 6.92 Å². The Bertz CT molecular complexity index is 849. The van der Waals surface area contributed by atoms with Gasteiger partial charge in [-0.2, -0.15) is 0 Å². The van der Waals surface area contributed by atoms with E-state index in [0.717, 1.165) is 21.2 Å². The van der Waals surface area contributed by atoms with Crippen LogP contribution in [-0.2, 0) is 4.79 Å². The average Bonchev–Trinajstić information content (AvgIpc) is 3.24. The molecule has 1 aromatic carbocycles. The van der Waals surface area contributed by atoms with E-state index in [0.29, 0.717) is 29.6 Å². The summed E-state index contributed by atoms with van der Waals surface area (Å²) in [6, 6.07) is 9.42. The van der Waals surface area contributed by atoms with Gasteiger partial charge in [-0.1, -0.05) is 29.0 Å². The van der Waals surface area contributed by atoms with E-state index in [1.54, 1.807) is 17.4 Å². The van der Waals surface area contributed by atoms with Gasteiger partial charge in [-0.15, -0.1) is 21.5 Å². The molecule has 0 bridgehead atoms. The van der Waals surface area contributed by atoms with E-state index in [1.807, 2.05) is 36.6 Å². The molecule has 0 aliphatic rings. The summed E-state index contributed by atoms with van der Waals surface area (Å²) >= 11 is 8.88. The van der Waals surface area contributed by atoms with E-state index >= 15 is 0 Å². The van der Waals surface area contributed by atoms with E-state index < -0.39 is 0 Å². The molecule has 1 amide bonds. The van der Waals surface area contributed by atoms with Crippen molar-refractivity contribution >= 4 is 45.3 Å². The molecule has 2 aromatic heterocycles. The summed E-state index contributed by atoms with van der Waals surface area (Å²) in [5.74, 6) is 0.694. The topological polar surface area (TPSA) is 64.1 Å². The number of anilines is 1. The second-order valence-corrected chi connectivity index (χ2v) is 7.66. The van der Waals surface area contributed by atoms with Gasteiger partial charge < -0.3 is 10.1 Å². The highest BCUT2D eigenvalue weighted by Gasteiger charge is 2.10. The number of hydrogen-bond acceptors (Lipinski definition) is 6. The normalized spacial score (nSPS) is 10.6. The number of amides is 1. The Morgan fingerprint density at radius 1 is 1.32 bits per heavy atom. The summed E-state index contributed by atoms with van der Waals surface area (Å²) in [7, 11) is 0. The van der Waals surface area contributed by atoms with Gasteiger partial charge in [0.2, 0.25) is 11.0 Å². The van der Waals surface area contributed by atoms with Gasteiger partial charge in [0.15, 0.2) is 5.01 Å². The largest absolute Gasteiger partial charge is 0.493 e. The Hall–Kier alpha value is -1.96. The predicted octanol–water partition coefficient (Wildman–Crippen LogP) is 5.03. The number of nitrogens with zero attached hydrogens (tertiary/aromatic N) is 2. The summed E-state index contributed by atoms with van der Waals surface area (Å²) in [5.41, 5.74) is 0.979. The lowest BCUT2D eigenvalue weighted by molar-refractivity contribution is -0.116. The van der Waals surface area contributed by atoms with E-state index in [-0.39, 0.29) is 5.91 Å². The number of benzene rings is 1. The summed E-state index contributed by atoms with van der Waals surface area (Å²) in [6.45, 7) is 2.40. The minimum Gasteiger partial charge on any atom is -0.493 e. The second kappa shape index (κ2) is 8.42. The Kier molecular flexibility index (Phi) is 6.01. The molecule has 3 aromatic rings. The van der Waals surface area contributed by atoms with Crippen molar-refractivity contribution in [1.29, 1.82) is 0 Å². The van der Waals surface area contributed by atoms with Gasteiger partial charge in [-0.25, -0.2) is 0 Å². The van der Waals surface area contributed by atoms with Crippen molar-refractivity contribution in [3.8, 4) is 15.6 Å². The van der Waals surface area contributed by atoms with Crippen LogP contribution in [0.4, 0.5) is 5.13 Å². The summed E-state index contributed by atoms with van der Waals surface area (Å²) in [5, 5.41) is 14.9. The maximum absolute atomic E-state index is 12.0. The van der Waals surface area contributed by atoms with Crippen molar-refractivity contribution in [2.45, 2.75) is 19.8 Å². The summed E-state index contributed by atoms with van der Waals surface area (Å²) in [4.78, 5) is 13.0. The number of aryl methyl sites for hydroxylation is 1. The minimum atomic E-state index is -0.0923. The number of aromatic nitrogens is 2. The molecule has 3 rings (SSSR count). The fraction of sp³-hybridized carbons (Fsp3) is 0.235. The van der Waals surface area contributed by atoms with Crippen LogP contribution in [0.3, 0.4) is 0 Å². The molecule has 0 saturated heterocycles. The smallest absolute Gasteiger partial charge is 0.226 e. The maximum Gasteiger partial charge on any atom is 0.226 e. The highest BCUT2D eigenvalue weighted by molar-refractivity contribution is 7.23. The number of hydrogen-bond donors (Lipinski definition) is 1. The minimum absolute atomic E-state index is 0.0923. The second-order valence-electron chi connectivity index (χ2n) is 5.30. The van der Waals surface area contributed by atoms with Gasteiger partial charge in [-0.05, 0) is 48.6 Å². The van der Waals surface area contributed by atoms with Gasteiger partial charge in [0, 0.05) is 11.4 Å². The third-order valence-corrected chi connectivity index (χ3v) is 5.46. The van der Waals surface area contributed by atoms with Gasteiger partial charge in [0.1, 0.15) is 5.75 Å². The molecular weight excluding hydrogens is 378 g/mol. The van der Waals surface area contributed by atoms with Crippen LogP contribution in [0.25, 0.3) is 9.88 Å². The van der Waals surface area contributed by atoms with Crippen molar-refractivity contribution in [2.75, 3.05) is 11.9 Å². The molecular formula is C17H16ClN3O2S2. The van der Waals surface area contributed by atoms with E-state index in [4.69, 9.17) is 16.3 Å². The monoisotopic (exact) mass is 393 g/mol. The zero-order valence-electron chi connectivity index (χ0n) is 13.5. The van der Waals surface area contributed by atoms with Crippen molar-refractivity contribution in [3.63, 3.8) is 0 Å². The SMILES string of the molecule is Cc1cc(Cl)ccc1OCCCC(=O)Nc1nnc(-c2cccs2)s1. The number of halogens is 1. The summed E-state index contributed by atoms with van der Waals surface area (Å²) < 4.78 is 5.68. The molecule has 8 heteroatoms. The van der Waals surface area contributed by atoms with Crippen LogP contribution in [0.15, 0.2) is 35.7 Å². The number of nitrogens with one attached hydrogen (secondary N) is 1. The zero-order valence-corrected chi connectivity index (χ0v) is 15.9. The quantitative estimate of drug-likeness (QED) is 0.572. The summed E-state index contributed by atoms with van der Waals surface area (Å²) in [6.07, 6.45) is 0.977. The molecule has 130 valence electrons. The van der Waals surface area contributed by atoms with Crippen LogP contribution in [0.1, 0.15) is 18.4 Å². The Morgan fingerprint density at radius 3 is 2.96 bits per heavy atom. The van der Waals surface area contributed by atoms with Crippen LogP contribution < -0.4 is 10.1 Å². The molecule has 2 heterocycles. The lowest BCUT2D eigenvalue weighted by Crippen LogP contribution is -2.12. The predicted molar refractivity (Wildman–Crippen MR) is 103 cm³/mol. The first-order valence-electron chi connectivity index (χ1n) is 7.68. The molecule has 0 fully saturated rings. The van der Waals surface area contributed by atoms with Gasteiger partial charge >= 0.3 is 0 Å². The van der Waals surface area contributed by atoms with Crippen LogP contribution in [0.5, 0.6) is 5.75 Å². The fourth-order valence-electron chi connectivity index (χ4n) is 2.14. The molecule has 0 aliphatic heterocycles. The standard InChI is InChI=1S/C17H16ClN3O2S2/c1-11-10-12(18)6-7-13(11)23-8-2-5-15(22)19-17-21-20-16(25-17)14-4-3-9-24-14/h3-4,6-7,9-10H,2,5,8H2,1H3,(H,19,21,22). The molecule has 5 nitrogen and oxygen atoms in total. The van der Waals surface area contributed by atoms with Crippen molar-refractivity contribution in [3.05, 3.63) is 46.3 Å². The molecule has 0 aliphatic carbocycles. The first-order chi connectivity index (χ1) is 12.1. The first kappa shape index (κ1) is 17.8. The number of thiophene rings is 1. The number of carbonyl (C=O) groups is 1. The molecule has 0 spiro atoms. The number of ether oxygens (including phenoxy) is 1. The lowest BCUT2D eigenvalue weighted by atomic mass is 10.2. The molecule has 0 radical (unpaired) electrons. The third-order valence-electron chi connectivity index (χ3n) is 3.35. The third kappa shape index (κ3) is 5.01. The average molecular weight is 394 g/mol. The van der Waals surface area contributed by atoms with Gasteiger partial charge in [0.25, 0.3) is 0 Å².